The molecular weight excluding hydrogens is 265 g/mol. The number of nitrogens with one attached hydrogen (secondary N) is 2. The summed E-state index contributed by atoms with van der Waals surface area (Å²) < 4.78 is 37.6. The van der Waals surface area contributed by atoms with E-state index < -0.39 is 11.7 Å². The molecule has 1 aromatic carbocycles. The summed E-state index contributed by atoms with van der Waals surface area (Å²) in [5, 5.41) is 3.12. The van der Waals surface area contributed by atoms with Crippen LogP contribution in [0.2, 0.25) is 5.02 Å². The molecule has 0 bridgehead atoms. The summed E-state index contributed by atoms with van der Waals surface area (Å²) in [5.74, 6) is 0. The molecule has 2 nitrogen and oxygen atoms in total. The van der Waals surface area contributed by atoms with Crippen LogP contribution in [0.15, 0.2) is 36.5 Å². The molecule has 6 heteroatoms. The molecular formula is C12H10ClF3N2. The first-order chi connectivity index (χ1) is 8.47. The van der Waals surface area contributed by atoms with Crippen LogP contribution in [0, 0.1) is 0 Å². The van der Waals surface area contributed by atoms with E-state index in [0.717, 1.165) is 17.8 Å². The van der Waals surface area contributed by atoms with E-state index in [1.165, 1.54) is 6.07 Å². The van der Waals surface area contributed by atoms with Crippen molar-refractivity contribution in [3.05, 3.63) is 52.8 Å². The summed E-state index contributed by atoms with van der Waals surface area (Å²) in [7, 11) is 0. The number of hydrogen-bond acceptors (Lipinski definition) is 1. The van der Waals surface area contributed by atoms with Crippen molar-refractivity contribution in [2.45, 2.75) is 12.7 Å². The van der Waals surface area contributed by atoms with Crippen LogP contribution in [0.4, 0.5) is 18.9 Å². The number of benzene rings is 1. The van der Waals surface area contributed by atoms with Crippen molar-refractivity contribution < 1.29 is 13.2 Å². The topological polar surface area (TPSA) is 27.8 Å². The van der Waals surface area contributed by atoms with Crippen LogP contribution >= 0.6 is 11.6 Å². The number of H-pyrrole nitrogens is 1. The van der Waals surface area contributed by atoms with E-state index in [2.05, 4.69) is 10.3 Å². The van der Waals surface area contributed by atoms with Gasteiger partial charge in [0.2, 0.25) is 0 Å². The largest absolute Gasteiger partial charge is 0.416 e. The molecule has 0 saturated carbocycles. The minimum absolute atomic E-state index is 0.259. The Labute approximate surface area is 107 Å². The Morgan fingerprint density at radius 3 is 2.61 bits per heavy atom. The first kappa shape index (κ1) is 12.8. The maximum Gasteiger partial charge on any atom is 0.416 e. The van der Waals surface area contributed by atoms with Gasteiger partial charge in [-0.25, -0.2) is 0 Å². The molecule has 0 amide bonds. The van der Waals surface area contributed by atoms with E-state index >= 15 is 0 Å². The second-order valence-corrected chi connectivity index (χ2v) is 4.15. The minimum atomic E-state index is -4.37. The van der Waals surface area contributed by atoms with E-state index in [-0.39, 0.29) is 10.7 Å². The molecule has 96 valence electrons. The van der Waals surface area contributed by atoms with Crippen LogP contribution in [-0.4, -0.2) is 4.98 Å². The summed E-state index contributed by atoms with van der Waals surface area (Å²) >= 11 is 5.85. The van der Waals surface area contributed by atoms with Gasteiger partial charge in [-0.15, -0.1) is 0 Å². The van der Waals surface area contributed by atoms with E-state index in [4.69, 9.17) is 11.6 Å². The van der Waals surface area contributed by atoms with Crippen LogP contribution < -0.4 is 5.32 Å². The van der Waals surface area contributed by atoms with Crippen LogP contribution in [0.1, 0.15) is 11.3 Å². The molecule has 0 radical (unpaired) electrons. The van der Waals surface area contributed by atoms with E-state index in [0.29, 0.717) is 6.54 Å². The molecule has 0 aliphatic rings. The van der Waals surface area contributed by atoms with E-state index in [1.54, 1.807) is 6.20 Å². The quantitative estimate of drug-likeness (QED) is 0.858. The van der Waals surface area contributed by atoms with Crippen molar-refractivity contribution in [1.29, 1.82) is 0 Å². The first-order valence-electron chi connectivity index (χ1n) is 5.20. The number of aromatic nitrogens is 1. The summed E-state index contributed by atoms with van der Waals surface area (Å²) in [4.78, 5) is 2.94. The highest BCUT2D eigenvalue weighted by molar-refractivity contribution is 6.33. The summed E-state index contributed by atoms with van der Waals surface area (Å²) in [6.45, 7) is 0.383. The molecule has 0 spiro atoms. The summed E-state index contributed by atoms with van der Waals surface area (Å²) in [6, 6.07) is 6.84. The van der Waals surface area contributed by atoms with Crippen LogP contribution in [-0.2, 0) is 12.7 Å². The lowest BCUT2D eigenvalue weighted by Crippen LogP contribution is -2.07. The lowest BCUT2D eigenvalue weighted by atomic mass is 10.2. The molecule has 2 rings (SSSR count). The standard InChI is InChI=1S/C12H10ClF3N2/c13-10-4-3-8(12(14,15)16)6-11(10)18-7-9-2-1-5-17-9/h1-6,17-18H,7H2. The fourth-order valence-electron chi connectivity index (χ4n) is 1.51. The predicted octanol–water partition coefficient (Wildman–Crippen LogP) is 4.30. The highest BCUT2D eigenvalue weighted by atomic mass is 35.5. The number of hydrogen-bond donors (Lipinski definition) is 2. The zero-order chi connectivity index (χ0) is 13.2. The minimum Gasteiger partial charge on any atom is -0.378 e. The fourth-order valence-corrected chi connectivity index (χ4v) is 1.69. The Morgan fingerprint density at radius 1 is 1.22 bits per heavy atom. The zero-order valence-corrected chi connectivity index (χ0v) is 9.94. The molecule has 1 heterocycles. The lowest BCUT2D eigenvalue weighted by molar-refractivity contribution is -0.137. The molecule has 0 fully saturated rings. The Kier molecular flexibility index (Phi) is 3.52. The summed E-state index contributed by atoms with van der Waals surface area (Å²) in [6.07, 6.45) is -2.63. The Balaban J connectivity index is 2.16. The second-order valence-electron chi connectivity index (χ2n) is 3.74. The molecule has 2 aromatic rings. The zero-order valence-electron chi connectivity index (χ0n) is 9.18. The Bertz CT molecular complexity index is 521. The van der Waals surface area contributed by atoms with Crippen molar-refractivity contribution in [3.63, 3.8) is 0 Å². The van der Waals surface area contributed by atoms with Crippen LogP contribution in [0.5, 0.6) is 0 Å². The Hall–Kier alpha value is -1.62. The third-order valence-corrected chi connectivity index (χ3v) is 2.75. The molecule has 2 N–H and O–H groups in total. The van der Waals surface area contributed by atoms with Crippen molar-refractivity contribution in [2.24, 2.45) is 0 Å². The van der Waals surface area contributed by atoms with Gasteiger partial charge in [-0.3, -0.25) is 0 Å². The number of alkyl halides is 3. The van der Waals surface area contributed by atoms with Crippen molar-refractivity contribution in [3.8, 4) is 0 Å². The van der Waals surface area contributed by atoms with Gasteiger partial charge in [0.05, 0.1) is 22.8 Å². The lowest BCUT2D eigenvalue weighted by Gasteiger charge is -2.11. The van der Waals surface area contributed by atoms with Gasteiger partial charge in [0, 0.05) is 11.9 Å². The molecule has 0 atom stereocenters. The van der Waals surface area contributed by atoms with Gasteiger partial charge in [0.15, 0.2) is 0 Å². The Morgan fingerprint density at radius 2 is 2.00 bits per heavy atom. The number of rotatable bonds is 3. The van der Waals surface area contributed by atoms with Gasteiger partial charge in [-0.2, -0.15) is 13.2 Å². The number of halogens is 4. The van der Waals surface area contributed by atoms with Crippen molar-refractivity contribution >= 4 is 17.3 Å². The van der Waals surface area contributed by atoms with E-state index in [1.807, 2.05) is 12.1 Å². The smallest absolute Gasteiger partial charge is 0.378 e. The van der Waals surface area contributed by atoms with Gasteiger partial charge in [-0.05, 0) is 30.3 Å². The van der Waals surface area contributed by atoms with E-state index in [9.17, 15) is 13.2 Å². The number of anilines is 1. The van der Waals surface area contributed by atoms with Gasteiger partial charge in [0.25, 0.3) is 0 Å². The van der Waals surface area contributed by atoms with Gasteiger partial charge in [-0.1, -0.05) is 11.6 Å². The van der Waals surface area contributed by atoms with Gasteiger partial charge >= 0.3 is 6.18 Å². The SMILES string of the molecule is FC(F)(F)c1ccc(Cl)c(NCc2ccc[nH]2)c1. The molecule has 0 saturated heterocycles. The number of aromatic amines is 1. The monoisotopic (exact) mass is 274 g/mol. The first-order valence-corrected chi connectivity index (χ1v) is 5.57. The normalized spacial score (nSPS) is 11.6. The summed E-state index contributed by atoms with van der Waals surface area (Å²) in [5.41, 5.74) is 0.408. The fraction of sp³-hybridized carbons (Fsp3) is 0.167. The molecule has 18 heavy (non-hydrogen) atoms. The van der Waals surface area contributed by atoms with Crippen molar-refractivity contribution in [2.75, 3.05) is 5.32 Å². The second kappa shape index (κ2) is 4.94. The van der Waals surface area contributed by atoms with Gasteiger partial charge < -0.3 is 10.3 Å². The predicted molar refractivity (Wildman–Crippen MR) is 64.6 cm³/mol. The average Bonchev–Trinajstić information content (AvgIpc) is 2.79. The third kappa shape index (κ3) is 2.98. The molecule has 0 aliphatic heterocycles. The molecule has 1 aromatic heterocycles. The van der Waals surface area contributed by atoms with Crippen LogP contribution in [0.3, 0.4) is 0 Å². The third-order valence-electron chi connectivity index (χ3n) is 2.43. The van der Waals surface area contributed by atoms with Crippen LogP contribution in [0.25, 0.3) is 0 Å². The average molecular weight is 275 g/mol. The molecule has 0 unspecified atom stereocenters. The van der Waals surface area contributed by atoms with Gasteiger partial charge in [0.1, 0.15) is 0 Å². The maximum absolute atomic E-state index is 12.5. The maximum atomic E-state index is 12.5. The highest BCUT2D eigenvalue weighted by Crippen LogP contribution is 2.33. The molecule has 0 aliphatic carbocycles. The van der Waals surface area contributed by atoms with Crippen molar-refractivity contribution in [1.82, 2.24) is 4.98 Å². The highest BCUT2D eigenvalue weighted by Gasteiger charge is 2.30.